The molecule has 1 aliphatic heterocycles. The summed E-state index contributed by atoms with van der Waals surface area (Å²) in [5.74, 6) is 0.398. The van der Waals surface area contributed by atoms with Crippen molar-refractivity contribution >= 4 is 29.3 Å². The lowest BCUT2D eigenvalue weighted by atomic mass is 10.0. The van der Waals surface area contributed by atoms with Crippen molar-refractivity contribution in [2.45, 2.75) is 43.4 Å². The zero-order chi connectivity index (χ0) is 17.9. The highest BCUT2D eigenvalue weighted by Crippen LogP contribution is 2.35. The van der Waals surface area contributed by atoms with Gasteiger partial charge in [-0.2, -0.15) is 0 Å². The first-order valence-electron chi connectivity index (χ1n) is 8.33. The minimum atomic E-state index is -0.104. The summed E-state index contributed by atoms with van der Waals surface area (Å²) in [6, 6.07) is 5.61. The van der Waals surface area contributed by atoms with Gasteiger partial charge in [0.2, 0.25) is 5.91 Å². The number of nitrogens with zero attached hydrogens (tertiary/aromatic N) is 1. The number of amides is 2. The Kier molecular flexibility index (Phi) is 6.29. The van der Waals surface area contributed by atoms with E-state index in [2.05, 4.69) is 29.4 Å². The van der Waals surface area contributed by atoms with Gasteiger partial charge >= 0.3 is 0 Å². The van der Waals surface area contributed by atoms with Crippen LogP contribution >= 0.6 is 11.8 Å². The van der Waals surface area contributed by atoms with Crippen molar-refractivity contribution in [3.8, 4) is 0 Å². The van der Waals surface area contributed by atoms with E-state index in [0.29, 0.717) is 11.5 Å². The molecule has 1 aromatic carbocycles. The van der Waals surface area contributed by atoms with Crippen molar-refractivity contribution in [1.29, 1.82) is 0 Å². The molecule has 132 valence electrons. The van der Waals surface area contributed by atoms with E-state index < -0.39 is 0 Å². The Labute approximate surface area is 148 Å². The Balaban J connectivity index is 2.11. The molecule has 2 rings (SSSR count). The van der Waals surface area contributed by atoms with Gasteiger partial charge in [-0.15, -0.1) is 11.8 Å². The fourth-order valence-corrected chi connectivity index (χ4v) is 3.74. The lowest BCUT2D eigenvalue weighted by Gasteiger charge is -2.25. The van der Waals surface area contributed by atoms with Gasteiger partial charge in [-0.05, 0) is 51.6 Å². The summed E-state index contributed by atoms with van der Waals surface area (Å²) in [5.41, 5.74) is 1.31. The van der Waals surface area contributed by atoms with Crippen molar-refractivity contribution in [1.82, 2.24) is 10.2 Å². The average Bonchev–Trinajstić information content (AvgIpc) is 2.46. The predicted molar refractivity (Wildman–Crippen MR) is 99.7 cm³/mol. The summed E-state index contributed by atoms with van der Waals surface area (Å²) < 4.78 is 0. The number of likely N-dealkylation sites (N-methyl/N-ethyl adjacent to an activating group) is 1. The number of benzene rings is 1. The summed E-state index contributed by atoms with van der Waals surface area (Å²) in [4.78, 5) is 27.5. The van der Waals surface area contributed by atoms with E-state index in [1.54, 1.807) is 6.07 Å². The van der Waals surface area contributed by atoms with Gasteiger partial charge in [-0.1, -0.05) is 13.8 Å². The molecule has 2 amide bonds. The van der Waals surface area contributed by atoms with E-state index in [4.69, 9.17) is 0 Å². The molecule has 0 spiro atoms. The van der Waals surface area contributed by atoms with Crippen LogP contribution in [-0.4, -0.2) is 48.6 Å². The largest absolute Gasteiger partial charge is 0.348 e. The van der Waals surface area contributed by atoms with Crippen LogP contribution in [0.4, 0.5) is 5.69 Å². The van der Waals surface area contributed by atoms with Crippen molar-refractivity contribution < 1.29 is 9.59 Å². The van der Waals surface area contributed by atoms with E-state index in [1.807, 2.05) is 33.2 Å². The highest BCUT2D eigenvalue weighted by atomic mass is 32.2. The van der Waals surface area contributed by atoms with E-state index in [1.165, 1.54) is 11.8 Å². The van der Waals surface area contributed by atoms with Gasteiger partial charge in [-0.3, -0.25) is 9.59 Å². The molecule has 24 heavy (non-hydrogen) atoms. The molecule has 0 saturated carbocycles. The third kappa shape index (κ3) is 4.98. The fraction of sp³-hybridized carbons (Fsp3) is 0.556. The summed E-state index contributed by atoms with van der Waals surface area (Å²) in [5, 5.41) is 5.89. The second-order valence-corrected chi connectivity index (χ2v) is 8.41. The van der Waals surface area contributed by atoms with Crippen LogP contribution in [0.1, 0.15) is 37.6 Å². The van der Waals surface area contributed by atoms with Gasteiger partial charge in [0.05, 0.1) is 10.9 Å². The molecule has 2 unspecified atom stereocenters. The fourth-order valence-electron chi connectivity index (χ4n) is 2.81. The molecule has 2 N–H and O–H groups in total. The first kappa shape index (κ1) is 18.8. The highest BCUT2D eigenvalue weighted by Gasteiger charge is 2.24. The zero-order valence-corrected chi connectivity index (χ0v) is 15.9. The molecule has 0 aliphatic carbocycles. The zero-order valence-electron chi connectivity index (χ0n) is 15.1. The lowest BCUT2D eigenvalue weighted by Crippen LogP contribution is -2.42. The molecule has 5 nitrogen and oxygen atoms in total. The monoisotopic (exact) mass is 349 g/mol. The molecule has 0 radical (unpaired) electrons. The number of carbonyl (C=O) groups excluding carboxylic acids is 2. The molecule has 6 heteroatoms. The number of hydrogen-bond acceptors (Lipinski definition) is 4. The molecule has 0 saturated heterocycles. The number of rotatable bonds is 6. The Hall–Kier alpha value is -1.53. The molecule has 2 atom stereocenters. The Morgan fingerprint density at radius 2 is 2.08 bits per heavy atom. The van der Waals surface area contributed by atoms with Crippen LogP contribution in [-0.2, 0) is 4.79 Å². The Morgan fingerprint density at radius 1 is 1.38 bits per heavy atom. The summed E-state index contributed by atoms with van der Waals surface area (Å²) in [6.45, 7) is 6.99. The molecular weight excluding hydrogens is 322 g/mol. The molecule has 0 fully saturated rings. The second-order valence-electron chi connectivity index (χ2n) is 7.02. The number of hydrogen-bond donors (Lipinski definition) is 2. The standard InChI is InChI=1S/C18H27N3O2S/c1-11(2)8-14(10-21(4)5)19-18(23)13-6-7-16-15(9-13)20-17(22)12(3)24-16/h6-7,9,11-12,14H,8,10H2,1-5H3,(H,19,23)(H,20,22). The van der Waals surface area contributed by atoms with Crippen molar-refractivity contribution in [3.63, 3.8) is 0 Å². The smallest absolute Gasteiger partial charge is 0.251 e. The third-order valence-corrected chi connectivity index (χ3v) is 5.03. The van der Waals surface area contributed by atoms with Crippen LogP contribution in [0, 0.1) is 5.92 Å². The quantitative estimate of drug-likeness (QED) is 0.829. The van der Waals surface area contributed by atoms with Crippen molar-refractivity contribution in [2.75, 3.05) is 26.0 Å². The molecular formula is C18H27N3O2S. The van der Waals surface area contributed by atoms with Gasteiger partial charge in [0, 0.05) is 23.0 Å². The third-order valence-electron chi connectivity index (χ3n) is 3.85. The molecule has 1 aliphatic rings. The van der Waals surface area contributed by atoms with Crippen LogP contribution in [0.3, 0.4) is 0 Å². The summed E-state index contributed by atoms with van der Waals surface area (Å²) in [7, 11) is 4.01. The Morgan fingerprint density at radius 3 is 2.71 bits per heavy atom. The summed E-state index contributed by atoms with van der Waals surface area (Å²) >= 11 is 1.52. The van der Waals surface area contributed by atoms with Crippen LogP contribution in [0.2, 0.25) is 0 Å². The van der Waals surface area contributed by atoms with Crippen LogP contribution in [0.25, 0.3) is 0 Å². The van der Waals surface area contributed by atoms with Crippen molar-refractivity contribution in [3.05, 3.63) is 23.8 Å². The van der Waals surface area contributed by atoms with Gasteiger partial charge in [0.15, 0.2) is 0 Å². The normalized spacial score (nSPS) is 18.3. The highest BCUT2D eigenvalue weighted by molar-refractivity contribution is 8.00. The number of carbonyl (C=O) groups is 2. The van der Waals surface area contributed by atoms with E-state index >= 15 is 0 Å². The number of fused-ring (bicyclic) bond motifs is 1. The van der Waals surface area contributed by atoms with E-state index in [-0.39, 0.29) is 23.1 Å². The molecule has 1 heterocycles. The molecule has 0 aromatic heterocycles. The van der Waals surface area contributed by atoms with E-state index in [9.17, 15) is 9.59 Å². The average molecular weight is 350 g/mol. The number of thioether (sulfide) groups is 1. The van der Waals surface area contributed by atoms with E-state index in [0.717, 1.165) is 23.5 Å². The lowest BCUT2D eigenvalue weighted by molar-refractivity contribution is -0.115. The minimum absolute atomic E-state index is 0.0182. The van der Waals surface area contributed by atoms with Gasteiger partial charge in [0.25, 0.3) is 5.91 Å². The van der Waals surface area contributed by atoms with Gasteiger partial charge in [-0.25, -0.2) is 0 Å². The predicted octanol–water partition coefficient (Wildman–Crippen LogP) is 2.83. The maximum Gasteiger partial charge on any atom is 0.251 e. The Bertz CT molecular complexity index is 606. The van der Waals surface area contributed by atoms with Gasteiger partial charge in [0.1, 0.15) is 0 Å². The first-order valence-corrected chi connectivity index (χ1v) is 9.21. The minimum Gasteiger partial charge on any atom is -0.348 e. The van der Waals surface area contributed by atoms with Crippen LogP contribution in [0.5, 0.6) is 0 Å². The topological polar surface area (TPSA) is 61.4 Å². The van der Waals surface area contributed by atoms with Crippen molar-refractivity contribution in [2.24, 2.45) is 5.92 Å². The van der Waals surface area contributed by atoms with Crippen LogP contribution < -0.4 is 10.6 Å². The van der Waals surface area contributed by atoms with Gasteiger partial charge < -0.3 is 15.5 Å². The first-order chi connectivity index (χ1) is 11.3. The molecule has 1 aromatic rings. The number of nitrogens with one attached hydrogen (secondary N) is 2. The SMILES string of the molecule is CC(C)CC(CN(C)C)NC(=O)c1ccc2c(c1)NC(=O)C(C)S2. The number of anilines is 1. The summed E-state index contributed by atoms with van der Waals surface area (Å²) in [6.07, 6.45) is 0.930. The maximum atomic E-state index is 12.6. The molecule has 0 bridgehead atoms. The second kappa shape index (κ2) is 8.03. The maximum absolute atomic E-state index is 12.6. The van der Waals surface area contributed by atoms with Crippen LogP contribution in [0.15, 0.2) is 23.1 Å².